The molecule has 3 atom stereocenters. The van der Waals surface area contributed by atoms with Crippen molar-refractivity contribution < 1.29 is 0 Å². The summed E-state index contributed by atoms with van der Waals surface area (Å²) < 4.78 is 0. The highest BCUT2D eigenvalue weighted by molar-refractivity contribution is 5.84. The van der Waals surface area contributed by atoms with E-state index < -0.39 is 0 Å². The zero-order valence-corrected chi connectivity index (χ0v) is 23.3. The number of rotatable bonds is 0. The molecule has 0 aromatic carbocycles. The van der Waals surface area contributed by atoms with Crippen LogP contribution in [0, 0.1) is 5.92 Å². The highest BCUT2D eigenvalue weighted by Gasteiger charge is 2.40. The van der Waals surface area contributed by atoms with Gasteiger partial charge in [0.15, 0.2) is 0 Å². The molecule has 1 saturated carbocycles. The molecule has 0 spiro atoms. The molecule has 5 aliphatic carbocycles. The van der Waals surface area contributed by atoms with E-state index in [1.807, 2.05) is 5.56 Å². The first-order chi connectivity index (χ1) is 18.4. The van der Waals surface area contributed by atoms with E-state index in [2.05, 4.69) is 36.5 Å². The fourth-order valence-corrected chi connectivity index (χ4v) is 8.47. The molecule has 0 bridgehead atoms. The van der Waals surface area contributed by atoms with Crippen LogP contribution in [0.5, 0.6) is 0 Å². The minimum Gasteiger partial charge on any atom is -0.252 e. The first-order valence-corrected chi connectivity index (χ1v) is 16.2. The van der Waals surface area contributed by atoms with Gasteiger partial charge in [-0.15, -0.1) is 0 Å². The molecule has 6 rings (SSSR count). The second kappa shape index (κ2) is 12.3. The third-order valence-electron chi connectivity index (χ3n) is 10.2. The number of aryl methyl sites for hydroxylation is 1. The molecule has 1 nitrogen and oxygen atoms in total. The second-order valence-electron chi connectivity index (χ2n) is 12.7. The normalized spacial score (nSPS) is 33.5. The topological polar surface area (TPSA) is 12.9 Å². The van der Waals surface area contributed by atoms with E-state index in [4.69, 9.17) is 4.98 Å². The van der Waals surface area contributed by atoms with Crippen molar-refractivity contribution in [3.05, 3.63) is 70.1 Å². The molecule has 0 N–H and O–H groups in total. The van der Waals surface area contributed by atoms with E-state index in [1.54, 1.807) is 16.7 Å². The Morgan fingerprint density at radius 1 is 0.595 bits per heavy atom. The van der Waals surface area contributed by atoms with Gasteiger partial charge in [0.2, 0.25) is 0 Å². The van der Waals surface area contributed by atoms with Crippen LogP contribution in [0.1, 0.15) is 155 Å². The van der Waals surface area contributed by atoms with E-state index in [9.17, 15) is 0 Å². The number of hydrogen-bond acceptors (Lipinski definition) is 1. The Balaban J connectivity index is 1.58. The van der Waals surface area contributed by atoms with Gasteiger partial charge in [0.25, 0.3) is 0 Å². The molecule has 1 fully saturated rings. The van der Waals surface area contributed by atoms with Gasteiger partial charge in [0.05, 0.1) is 5.69 Å². The molecular formula is C36H49N. The summed E-state index contributed by atoms with van der Waals surface area (Å²) in [5, 5.41) is 0. The first kappa shape index (κ1) is 25.4. The molecule has 198 valence electrons. The van der Waals surface area contributed by atoms with Crippen molar-refractivity contribution >= 4 is 5.57 Å². The maximum Gasteiger partial charge on any atom is 0.0742 e. The lowest BCUT2D eigenvalue weighted by atomic mass is 9.65. The molecule has 3 unspecified atom stereocenters. The summed E-state index contributed by atoms with van der Waals surface area (Å²) in [4.78, 5) is 5.80. The minimum atomic E-state index is 0.678. The van der Waals surface area contributed by atoms with Crippen molar-refractivity contribution in [2.75, 3.05) is 0 Å². The molecule has 5 aliphatic rings. The van der Waals surface area contributed by atoms with Crippen molar-refractivity contribution in [3.8, 4) is 0 Å². The summed E-state index contributed by atoms with van der Waals surface area (Å²) in [7, 11) is 0. The molecule has 1 heterocycles. The maximum absolute atomic E-state index is 5.80. The van der Waals surface area contributed by atoms with Gasteiger partial charge in [0, 0.05) is 5.69 Å². The molecule has 1 aromatic rings. The van der Waals surface area contributed by atoms with Crippen LogP contribution in [0.25, 0.3) is 5.57 Å². The Morgan fingerprint density at radius 3 is 2.19 bits per heavy atom. The predicted octanol–water partition coefficient (Wildman–Crippen LogP) is 10.5. The number of nitrogens with zero attached hydrogens (tertiary/aromatic N) is 1. The average molecular weight is 496 g/mol. The van der Waals surface area contributed by atoms with Crippen LogP contribution in [0.4, 0.5) is 0 Å². The number of allylic oxidation sites excluding steroid dienone is 8. The molecule has 0 radical (unpaired) electrons. The molecular weight excluding hydrogens is 446 g/mol. The zero-order valence-electron chi connectivity index (χ0n) is 23.3. The molecule has 0 aliphatic heterocycles. The van der Waals surface area contributed by atoms with Crippen molar-refractivity contribution in [2.45, 2.75) is 140 Å². The van der Waals surface area contributed by atoms with Crippen LogP contribution in [0.3, 0.4) is 0 Å². The van der Waals surface area contributed by atoms with Gasteiger partial charge < -0.3 is 0 Å². The Kier molecular flexibility index (Phi) is 8.45. The van der Waals surface area contributed by atoms with Gasteiger partial charge in [-0.3, -0.25) is 4.98 Å². The third-order valence-corrected chi connectivity index (χ3v) is 10.2. The molecule has 1 heteroatoms. The highest BCUT2D eigenvalue weighted by Crippen LogP contribution is 2.54. The monoisotopic (exact) mass is 495 g/mol. The van der Waals surface area contributed by atoms with Gasteiger partial charge >= 0.3 is 0 Å². The van der Waals surface area contributed by atoms with Crippen LogP contribution in [0.15, 0.2) is 42.0 Å². The maximum atomic E-state index is 5.80. The summed E-state index contributed by atoms with van der Waals surface area (Å²) in [5.41, 5.74) is 11.4. The Labute approximate surface area is 226 Å². The predicted molar refractivity (Wildman–Crippen MR) is 158 cm³/mol. The van der Waals surface area contributed by atoms with Gasteiger partial charge in [-0.25, -0.2) is 0 Å². The largest absolute Gasteiger partial charge is 0.252 e. The fourth-order valence-electron chi connectivity index (χ4n) is 8.47. The Bertz CT molecular complexity index is 1070. The quantitative estimate of drug-likeness (QED) is 0.349. The van der Waals surface area contributed by atoms with Crippen molar-refractivity contribution in [1.29, 1.82) is 0 Å². The molecule has 37 heavy (non-hydrogen) atoms. The van der Waals surface area contributed by atoms with Gasteiger partial charge in [-0.05, 0) is 110 Å². The van der Waals surface area contributed by atoms with Crippen molar-refractivity contribution in [2.24, 2.45) is 5.92 Å². The summed E-state index contributed by atoms with van der Waals surface area (Å²) in [6, 6.07) is 0. The lowest BCUT2D eigenvalue weighted by molar-refractivity contribution is 0.441. The van der Waals surface area contributed by atoms with E-state index in [-0.39, 0.29) is 0 Å². The fraction of sp³-hybridized carbons (Fsp3) is 0.639. The van der Waals surface area contributed by atoms with Crippen molar-refractivity contribution in [3.63, 3.8) is 0 Å². The second-order valence-corrected chi connectivity index (χ2v) is 12.7. The average Bonchev–Trinajstić information content (AvgIpc) is 3.17. The number of fused-ring (bicyclic) bond motifs is 7. The van der Waals surface area contributed by atoms with Gasteiger partial charge in [-0.1, -0.05) is 101 Å². The third kappa shape index (κ3) is 5.48. The smallest absolute Gasteiger partial charge is 0.0742 e. The highest BCUT2D eigenvalue weighted by atomic mass is 14.8. The summed E-state index contributed by atoms with van der Waals surface area (Å²) in [5.74, 6) is 2.12. The zero-order chi connectivity index (χ0) is 24.9. The van der Waals surface area contributed by atoms with Crippen LogP contribution in [-0.4, -0.2) is 4.98 Å². The van der Waals surface area contributed by atoms with E-state index in [1.165, 1.54) is 133 Å². The number of pyridine rings is 1. The van der Waals surface area contributed by atoms with Crippen LogP contribution in [-0.2, 0) is 12.8 Å². The molecule has 0 saturated heterocycles. The van der Waals surface area contributed by atoms with Crippen LogP contribution >= 0.6 is 0 Å². The standard InChI is InChI=1S/C36H49N/c1-4-8-18-26-33-34-27(19-11-5-1)20-12-9-17-25-32(34)35-30-23-16-10-15-21-28(30)29-22-13-6-2-3-7-14-24-31(29)36(35)37-33/h2-3,6,13,22,24,27-28,30H,1,4-5,7-12,14-21,23,25-26H2/b3-2-,13-6-,29-22-,31-24+. The van der Waals surface area contributed by atoms with E-state index in [0.29, 0.717) is 11.8 Å². The summed E-state index contributed by atoms with van der Waals surface area (Å²) in [6.45, 7) is 0. The van der Waals surface area contributed by atoms with Crippen molar-refractivity contribution in [1.82, 2.24) is 4.98 Å². The Morgan fingerprint density at radius 2 is 1.30 bits per heavy atom. The van der Waals surface area contributed by atoms with Crippen LogP contribution < -0.4 is 0 Å². The first-order valence-electron chi connectivity index (χ1n) is 16.2. The number of aromatic nitrogens is 1. The van der Waals surface area contributed by atoms with E-state index >= 15 is 0 Å². The lowest BCUT2D eigenvalue weighted by Gasteiger charge is -2.40. The van der Waals surface area contributed by atoms with Crippen LogP contribution in [0.2, 0.25) is 0 Å². The lowest BCUT2D eigenvalue weighted by Crippen LogP contribution is -2.27. The summed E-state index contributed by atoms with van der Waals surface area (Å²) in [6.07, 6.45) is 41.3. The SMILES string of the molecule is C1=C\C=C2/C(=C\CC\C=C/1)c1nc3c4c(c1C1CCCCCC21)CCCCCC4CCCCCCCC3. The molecule has 1 aromatic heterocycles. The van der Waals surface area contributed by atoms with E-state index in [0.717, 1.165) is 18.8 Å². The minimum absolute atomic E-state index is 0.678. The Hall–Kier alpha value is -1.89. The number of hydrogen-bond donors (Lipinski definition) is 0. The van der Waals surface area contributed by atoms with Gasteiger partial charge in [0.1, 0.15) is 0 Å². The summed E-state index contributed by atoms with van der Waals surface area (Å²) >= 11 is 0. The molecule has 0 amide bonds. The van der Waals surface area contributed by atoms with Gasteiger partial charge in [-0.2, -0.15) is 0 Å².